The van der Waals surface area contributed by atoms with Crippen molar-refractivity contribution in [1.29, 1.82) is 0 Å². The van der Waals surface area contributed by atoms with Crippen LogP contribution in [0.3, 0.4) is 0 Å². The Bertz CT molecular complexity index is 1340. The molecular weight excluding hydrogens is 491 g/mol. The summed E-state index contributed by atoms with van der Waals surface area (Å²) in [6.07, 6.45) is 4.19. The largest absolute Gasteiger partial charge is 0.490 e. The van der Waals surface area contributed by atoms with Gasteiger partial charge in [-0.15, -0.1) is 0 Å². The van der Waals surface area contributed by atoms with E-state index in [0.717, 1.165) is 83.7 Å². The minimum atomic E-state index is -0.916. The van der Waals surface area contributed by atoms with E-state index in [1.165, 1.54) is 5.56 Å². The van der Waals surface area contributed by atoms with Gasteiger partial charge >= 0.3 is 5.97 Å². The van der Waals surface area contributed by atoms with E-state index in [-0.39, 0.29) is 12.2 Å². The zero-order chi connectivity index (χ0) is 26.1. The molecule has 1 aromatic heterocycles. The lowest BCUT2D eigenvalue weighted by Crippen LogP contribution is -2.33. The molecule has 0 aliphatic carbocycles. The Morgan fingerprint density at radius 3 is 2.73 bits per heavy atom. The quantitative estimate of drug-likeness (QED) is 0.406. The first-order chi connectivity index (χ1) is 17.8. The van der Waals surface area contributed by atoms with E-state index in [1.54, 1.807) is 6.07 Å². The Hall–Kier alpha value is -2.96. The van der Waals surface area contributed by atoms with Crippen molar-refractivity contribution >= 4 is 17.6 Å². The second kappa shape index (κ2) is 10.8. The van der Waals surface area contributed by atoms with Gasteiger partial charge in [0.15, 0.2) is 11.6 Å². The van der Waals surface area contributed by atoms with Crippen LogP contribution in [-0.2, 0) is 37.0 Å². The van der Waals surface area contributed by atoms with E-state index in [9.17, 15) is 9.90 Å². The Labute approximate surface area is 222 Å². The van der Waals surface area contributed by atoms with Crippen molar-refractivity contribution in [3.63, 3.8) is 0 Å². The number of aryl methyl sites for hydroxylation is 2. The second-order valence-electron chi connectivity index (χ2n) is 10.1. The number of pyridine rings is 1. The van der Waals surface area contributed by atoms with E-state index in [4.69, 9.17) is 21.3 Å². The van der Waals surface area contributed by atoms with Crippen LogP contribution < -0.4 is 4.74 Å². The van der Waals surface area contributed by atoms with Gasteiger partial charge in [-0.25, -0.2) is 4.39 Å². The number of fused-ring (bicyclic) bond motifs is 2. The Morgan fingerprint density at radius 2 is 1.97 bits per heavy atom. The summed E-state index contributed by atoms with van der Waals surface area (Å²) in [6, 6.07) is 9.51. The number of hydrogen-bond donors (Lipinski definition) is 1. The normalized spacial score (nSPS) is 15.1. The fraction of sp³-hybridized carbons (Fsp3) is 0.400. The van der Waals surface area contributed by atoms with Crippen molar-refractivity contribution in [3.8, 4) is 16.9 Å². The van der Waals surface area contributed by atoms with Gasteiger partial charge in [-0.3, -0.25) is 14.7 Å². The number of hydrogen-bond acceptors (Lipinski definition) is 4. The molecule has 5 nitrogen and oxygen atoms in total. The van der Waals surface area contributed by atoms with Gasteiger partial charge in [-0.1, -0.05) is 23.7 Å². The van der Waals surface area contributed by atoms with Crippen LogP contribution >= 0.6 is 11.6 Å². The monoisotopic (exact) mass is 522 g/mol. The summed E-state index contributed by atoms with van der Waals surface area (Å²) in [7, 11) is 0. The molecule has 3 heterocycles. The van der Waals surface area contributed by atoms with Crippen molar-refractivity contribution < 1.29 is 19.0 Å². The molecule has 37 heavy (non-hydrogen) atoms. The first-order valence-electron chi connectivity index (χ1n) is 13.0. The van der Waals surface area contributed by atoms with Crippen molar-refractivity contribution in [2.45, 2.75) is 58.9 Å². The third-order valence-electron chi connectivity index (χ3n) is 7.62. The number of rotatable bonds is 7. The molecule has 0 unspecified atom stereocenters. The molecule has 2 aromatic carbocycles. The Morgan fingerprint density at radius 1 is 1.19 bits per heavy atom. The number of aliphatic carboxylic acids is 1. The van der Waals surface area contributed by atoms with Crippen LogP contribution in [0.5, 0.6) is 5.75 Å². The smallest absolute Gasteiger partial charge is 0.307 e. The summed E-state index contributed by atoms with van der Waals surface area (Å²) < 4.78 is 20.9. The fourth-order valence-electron chi connectivity index (χ4n) is 5.75. The van der Waals surface area contributed by atoms with Crippen molar-refractivity contribution in [1.82, 2.24) is 9.88 Å². The summed E-state index contributed by atoms with van der Waals surface area (Å²) in [5.74, 6) is -0.952. The second-order valence-corrected chi connectivity index (χ2v) is 10.5. The minimum Gasteiger partial charge on any atom is -0.490 e. The van der Waals surface area contributed by atoms with Crippen LogP contribution in [0.4, 0.5) is 4.39 Å². The average Bonchev–Trinajstić information content (AvgIpc) is 2.88. The first-order valence-corrected chi connectivity index (χ1v) is 13.3. The zero-order valence-corrected chi connectivity index (χ0v) is 22.1. The molecule has 0 atom stereocenters. The van der Waals surface area contributed by atoms with Gasteiger partial charge in [0.25, 0.3) is 0 Å². The molecule has 0 saturated heterocycles. The summed E-state index contributed by atoms with van der Waals surface area (Å²) >= 11 is 6.01. The van der Waals surface area contributed by atoms with Gasteiger partial charge in [0.1, 0.15) is 0 Å². The van der Waals surface area contributed by atoms with Crippen LogP contribution in [0.15, 0.2) is 30.3 Å². The van der Waals surface area contributed by atoms with E-state index in [2.05, 4.69) is 17.0 Å². The van der Waals surface area contributed by atoms with E-state index in [0.29, 0.717) is 30.2 Å². The Kier molecular flexibility index (Phi) is 7.50. The average molecular weight is 523 g/mol. The van der Waals surface area contributed by atoms with E-state index >= 15 is 4.39 Å². The van der Waals surface area contributed by atoms with Gasteiger partial charge in [0.05, 0.1) is 13.0 Å². The predicted octanol–water partition coefficient (Wildman–Crippen LogP) is 6.10. The zero-order valence-electron chi connectivity index (χ0n) is 21.4. The number of carboxylic acids is 1. The number of ether oxygens (including phenoxy) is 1. The molecule has 0 fully saturated rings. The van der Waals surface area contributed by atoms with Gasteiger partial charge in [0, 0.05) is 41.5 Å². The highest BCUT2D eigenvalue weighted by Gasteiger charge is 2.29. The number of carbonyl (C=O) groups is 1. The van der Waals surface area contributed by atoms with Crippen LogP contribution in [0.25, 0.3) is 11.1 Å². The summed E-state index contributed by atoms with van der Waals surface area (Å²) in [5, 5.41) is 10.5. The molecule has 0 amide bonds. The molecule has 0 spiro atoms. The predicted molar refractivity (Wildman–Crippen MR) is 143 cm³/mol. The maximum absolute atomic E-state index is 15.3. The summed E-state index contributed by atoms with van der Waals surface area (Å²) in [5.41, 5.74) is 8.13. The van der Waals surface area contributed by atoms with E-state index in [1.807, 2.05) is 26.0 Å². The molecule has 1 N–H and O–H groups in total. The molecule has 2 aliphatic heterocycles. The number of halogens is 2. The standard InChI is InChI=1S/C30H32ClFN2O3/c1-18-22-6-4-14-37-30(22)26(32)15-23(18)29-24(16-28(35)36)19(2)33-27-11-13-34(17-25(27)29)12-3-5-20-7-9-21(31)10-8-20/h7-10,15H,3-6,11-14,16-17H2,1-2H3,(H,35,36). The fourth-order valence-corrected chi connectivity index (χ4v) is 5.87. The molecule has 194 valence electrons. The molecule has 0 bridgehead atoms. The lowest BCUT2D eigenvalue weighted by Gasteiger charge is -2.32. The van der Waals surface area contributed by atoms with Crippen LogP contribution in [-0.4, -0.2) is 40.7 Å². The minimum absolute atomic E-state index is 0.146. The molecule has 0 radical (unpaired) electrons. The SMILES string of the molecule is Cc1nc2c(c(-c3cc(F)c4c(c3C)CCCO4)c1CC(=O)O)CN(CCCc1ccc(Cl)cc1)CC2. The first kappa shape index (κ1) is 25.7. The van der Waals surface area contributed by atoms with Gasteiger partial charge < -0.3 is 9.84 Å². The maximum atomic E-state index is 15.3. The highest BCUT2D eigenvalue weighted by molar-refractivity contribution is 6.30. The number of benzene rings is 2. The topological polar surface area (TPSA) is 62.7 Å². The van der Waals surface area contributed by atoms with E-state index < -0.39 is 5.97 Å². The van der Waals surface area contributed by atoms with Crippen LogP contribution in [0.1, 0.15) is 52.0 Å². The summed E-state index contributed by atoms with van der Waals surface area (Å²) in [4.78, 5) is 19.1. The maximum Gasteiger partial charge on any atom is 0.307 e. The van der Waals surface area contributed by atoms with Gasteiger partial charge in [-0.05, 0) is 97.7 Å². The lowest BCUT2D eigenvalue weighted by molar-refractivity contribution is -0.136. The molecule has 3 aromatic rings. The summed E-state index contributed by atoms with van der Waals surface area (Å²) in [6.45, 7) is 6.86. The van der Waals surface area contributed by atoms with Crippen molar-refractivity contribution in [3.05, 3.63) is 80.4 Å². The Balaban J connectivity index is 1.51. The lowest BCUT2D eigenvalue weighted by atomic mass is 9.84. The van der Waals surface area contributed by atoms with Gasteiger partial charge in [0.2, 0.25) is 0 Å². The molecule has 7 heteroatoms. The molecular formula is C30H32ClFN2O3. The number of aromatic nitrogens is 1. The molecule has 0 saturated carbocycles. The van der Waals surface area contributed by atoms with Crippen molar-refractivity contribution in [2.24, 2.45) is 0 Å². The van der Waals surface area contributed by atoms with Crippen LogP contribution in [0, 0.1) is 19.7 Å². The third kappa shape index (κ3) is 5.36. The third-order valence-corrected chi connectivity index (χ3v) is 7.88. The number of carboxylic acid groups (broad SMARTS) is 1. The van der Waals surface area contributed by atoms with Crippen LogP contribution in [0.2, 0.25) is 5.02 Å². The van der Waals surface area contributed by atoms with Crippen molar-refractivity contribution in [2.75, 3.05) is 19.7 Å². The number of nitrogens with zero attached hydrogens (tertiary/aromatic N) is 2. The molecule has 2 aliphatic rings. The highest BCUT2D eigenvalue weighted by atomic mass is 35.5. The highest BCUT2D eigenvalue weighted by Crippen LogP contribution is 2.42. The molecule has 5 rings (SSSR count). The van der Waals surface area contributed by atoms with Gasteiger partial charge in [-0.2, -0.15) is 0 Å².